The molecule has 3 rings (SSSR count). The highest BCUT2D eigenvalue weighted by molar-refractivity contribution is 5.76. The van der Waals surface area contributed by atoms with E-state index in [1.54, 1.807) is 18.2 Å². The molecule has 1 heterocycles. The van der Waals surface area contributed by atoms with Gasteiger partial charge in [-0.3, -0.25) is 0 Å². The zero-order valence-electron chi connectivity index (χ0n) is 13.0. The van der Waals surface area contributed by atoms with Gasteiger partial charge in [0.1, 0.15) is 17.9 Å². The predicted octanol–water partition coefficient (Wildman–Crippen LogP) is 3.63. The van der Waals surface area contributed by atoms with Crippen LogP contribution in [0.25, 0.3) is 11.1 Å². The second kappa shape index (κ2) is 7.61. The normalized spacial score (nSPS) is 11.7. The lowest BCUT2D eigenvalue weighted by atomic mass is 10.2. The Hall–Kier alpha value is -2.86. The summed E-state index contributed by atoms with van der Waals surface area (Å²) in [5.41, 5.74) is 8.24. The number of oxazole rings is 1. The summed E-state index contributed by atoms with van der Waals surface area (Å²) in [5.74, 6) is 0.570. The molecule has 2 aromatic carbocycles. The van der Waals surface area contributed by atoms with E-state index in [1.807, 2.05) is 30.3 Å². The van der Waals surface area contributed by atoms with Crippen LogP contribution in [0.2, 0.25) is 0 Å². The van der Waals surface area contributed by atoms with Crippen LogP contribution in [0.5, 0.6) is 5.75 Å². The number of hydrogen-bond donors (Lipinski definition) is 2. The molecule has 124 valence electrons. The van der Waals surface area contributed by atoms with Gasteiger partial charge in [-0.2, -0.15) is 4.98 Å². The largest absolute Gasteiger partial charge is 0.489 e. The highest BCUT2D eigenvalue weighted by atomic mass is 19.1. The van der Waals surface area contributed by atoms with E-state index >= 15 is 0 Å². The van der Waals surface area contributed by atoms with E-state index in [0.29, 0.717) is 35.8 Å². The van der Waals surface area contributed by atoms with Crippen LogP contribution in [0.4, 0.5) is 10.4 Å². The van der Waals surface area contributed by atoms with Crippen molar-refractivity contribution in [2.45, 2.75) is 6.54 Å². The third-order valence-corrected chi connectivity index (χ3v) is 3.49. The van der Waals surface area contributed by atoms with Gasteiger partial charge in [-0.15, -0.1) is 0 Å². The molecular formula is C18H18FN3O2. The summed E-state index contributed by atoms with van der Waals surface area (Å²) in [5, 5.41) is 3.14. The van der Waals surface area contributed by atoms with Crippen molar-refractivity contribution in [3.8, 4) is 5.75 Å². The molecule has 6 heteroatoms. The summed E-state index contributed by atoms with van der Waals surface area (Å²) < 4.78 is 23.7. The van der Waals surface area contributed by atoms with Crippen LogP contribution in [0.15, 0.2) is 64.9 Å². The third-order valence-electron chi connectivity index (χ3n) is 3.49. The Bertz CT molecular complexity index is 831. The summed E-state index contributed by atoms with van der Waals surface area (Å²) in [6.45, 7) is 0.846. The summed E-state index contributed by atoms with van der Waals surface area (Å²) in [6, 6.07) is 15.7. The van der Waals surface area contributed by atoms with E-state index < -0.39 is 0 Å². The fourth-order valence-electron chi connectivity index (χ4n) is 2.15. The van der Waals surface area contributed by atoms with Crippen LogP contribution in [0.1, 0.15) is 5.56 Å². The van der Waals surface area contributed by atoms with Crippen molar-refractivity contribution < 1.29 is 13.5 Å². The van der Waals surface area contributed by atoms with Crippen LogP contribution in [-0.4, -0.2) is 18.1 Å². The van der Waals surface area contributed by atoms with Gasteiger partial charge >= 0.3 is 0 Å². The maximum absolute atomic E-state index is 12.5. The van der Waals surface area contributed by atoms with E-state index in [0.717, 1.165) is 11.1 Å². The minimum atomic E-state index is 0.103. The van der Waals surface area contributed by atoms with Gasteiger partial charge in [0, 0.05) is 24.7 Å². The third kappa shape index (κ3) is 3.91. The topological polar surface area (TPSA) is 73.3 Å². The van der Waals surface area contributed by atoms with Crippen molar-refractivity contribution in [1.82, 2.24) is 4.98 Å². The van der Waals surface area contributed by atoms with Gasteiger partial charge in [0.25, 0.3) is 6.01 Å². The van der Waals surface area contributed by atoms with Gasteiger partial charge in [0.15, 0.2) is 5.58 Å². The Balaban J connectivity index is 1.67. The van der Waals surface area contributed by atoms with Crippen molar-refractivity contribution in [1.29, 1.82) is 0 Å². The van der Waals surface area contributed by atoms with Crippen molar-refractivity contribution >= 4 is 17.1 Å². The van der Waals surface area contributed by atoms with Crippen molar-refractivity contribution in [2.24, 2.45) is 5.73 Å². The molecule has 5 nitrogen and oxygen atoms in total. The smallest absolute Gasteiger partial charge is 0.295 e. The lowest BCUT2D eigenvalue weighted by molar-refractivity contribution is 0.347. The van der Waals surface area contributed by atoms with Crippen molar-refractivity contribution in [2.75, 3.05) is 18.5 Å². The molecule has 0 bridgehead atoms. The number of benzene rings is 2. The van der Waals surface area contributed by atoms with Crippen molar-refractivity contribution in [3.63, 3.8) is 0 Å². The Morgan fingerprint density at radius 3 is 2.83 bits per heavy atom. The number of anilines is 1. The lowest BCUT2D eigenvalue weighted by Gasteiger charge is -2.06. The minimum absolute atomic E-state index is 0.103. The van der Waals surface area contributed by atoms with Gasteiger partial charge in [0.05, 0.1) is 6.33 Å². The second-order valence-electron chi connectivity index (χ2n) is 5.25. The first-order valence-electron chi connectivity index (χ1n) is 7.58. The molecule has 0 fully saturated rings. The average Bonchev–Trinajstić information content (AvgIpc) is 3.04. The number of rotatable bonds is 7. The van der Waals surface area contributed by atoms with Gasteiger partial charge in [-0.25, -0.2) is 4.39 Å². The highest BCUT2D eigenvalue weighted by Gasteiger charge is 2.07. The molecule has 0 atom stereocenters. The molecule has 0 aliphatic rings. The molecule has 0 amide bonds. The van der Waals surface area contributed by atoms with E-state index in [2.05, 4.69) is 10.3 Å². The summed E-state index contributed by atoms with van der Waals surface area (Å²) in [6.07, 6.45) is 0.471. The van der Waals surface area contributed by atoms with Crippen LogP contribution >= 0.6 is 0 Å². The predicted molar refractivity (Wildman–Crippen MR) is 91.5 cm³/mol. The van der Waals surface area contributed by atoms with E-state index in [1.165, 1.54) is 0 Å². The van der Waals surface area contributed by atoms with Gasteiger partial charge in [-0.1, -0.05) is 30.3 Å². The zero-order chi connectivity index (χ0) is 16.8. The maximum atomic E-state index is 12.5. The minimum Gasteiger partial charge on any atom is -0.489 e. The molecule has 0 spiro atoms. The van der Waals surface area contributed by atoms with Gasteiger partial charge in [0.2, 0.25) is 0 Å². The first-order chi connectivity index (χ1) is 11.8. The van der Waals surface area contributed by atoms with Crippen LogP contribution in [-0.2, 0) is 6.54 Å². The lowest BCUT2D eigenvalue weighted by Crippen LogP contribution is -2.10. The average molecular weight is 327 g/mol. The number of fused-ring (bicyclic) bond motifs is 1. The Morgan fingerprint density at radius 1 is 1.25 bits per heavy atom. The van der Waals surface area contributed by atoms with E-state index in [9.17, 15) is 4.39 Å². The SMILES string of the molecule is NCC(=CF)COc1ccc2nc(NCc3ccccc3)oc2c1. The van der Waals surface area contributed by atoms with Crippen LogP contribution < -0.4 is 15.8 Å². The van der Waals surface area contributed by atoms with E-state index in [-0.39, 0.29) is 13.2 Å². The second-order valence-corrected chi connectivity index (χ2v) is 5.25. The number of nitrogens with zero attached hydrogens (tertiary/aromatic N) is 1. The molecular weight excluding hydrogens is 309 g/mol. The number of hydrogen-bond acceptors (Lipinski definition) is 5. The monoisotopic (exact) mass is 327 g/mol. The summed E-state index contributed by atoms with van der Waals surface area (Å²) in [4.78, 5) is 4.37. The maximum Gasteiger partial charge on any atom is 0.295 e. The highest BCUT2D eigenvalue weighted by Crippen LogP contribution is 2.24. The molecule has 0 aliphatic carbocycles. The van der Waals surface area contributed by atoms with Gasteiger partial charge in [-0.05, 0) is 17.7 Å². The Labute approximate surface area is 138 Å². The summed E-state index contributed by atoms with van der Waals surface area (Å²) in [7, 11) is 0. The number of ether oxygens (including phenoxy) is 1. The first-order valence-corrected chi connectivity index (χ1v) is 7.58. The van der Waals surface area contributed by atoms with Crippen LogP contribution in [0.3, 0.4) is 0 Å². The zero-order valence-corrected chi connectivity index (χ0v) is 13.0. The number of nitrogens with two attached hydrogens (primary N) is 1. The molecule has 0 radical (unpaired) electrons. The molecule has 0 saturated heterocycles. The Kier molecular flexibility index (Phi) is 5.08. The fourth-order valence-corrected chi connectivity index (χ4v) is 2.15. The number of halogens is 1. The van der Waals surface area contributed by atoms with Crippen molar-refractivity contribution in [3.05, 3.63) is 66.0 Å². The standard InChI is InChI=1S/C18H18FN3O2/c19-9-14(10-20)12-23-15-6-7-16-17(8-15)24-18(22-16)21-11-13-4-2-1-3-5-13/h1-9H,10-12,20H2,(H,21,22). The van der Waals surface area contributed by atoms with Gasteiger partial charge < -0.3 is 20.2 Å². The molecule has 3 aromatic rings. The molecule has 24 heavy (non-hydrogen) atoms. The summed E-state index contributed by atoms with van der Waals surface area (Å²) >= 11 is 0. The first kappa shape index (κ1) is 16.0. The quantitative estimate of drug-likeness (QED) is 0.693. The number of aromatic nitrogens is 1. The van der Waals surface area contributed by atoms with E-state index in [4.69, 9.17) is 14.9 Å². The fraction of sp³-hybridized carbons (Fsp3) is 0.167. The molecule has 0 saturated carbocycles. The Morgan fingerprint density at radius 2 is 2.08 bits per heavy atom. The van der Waals surface area contributed by atoms with Crippen LogP contribution in [0, 0.1) is 0 Å². The molecule has 3 N–H and O–H groups in total. The number of nitrogens with one attached hydrogen (secondary N) is 1. The molecule has 0 unspecified atom stereocenters. The molecule has 1 aromatic heterocycles. The molecule has 0 aliphatic heterocycles.